The largest absolute Gasteiger partial charge is 0.488 e. The van der Waals surface area contributed by atoms with Gasteiger partial charge in [-0.1, -0.05) is 12.1 Å². The van der Waals surface area contributed by atoms with Crippen molar-refractivity contribution < 1.29 is 9.15 Å². The summed E-state index contributed by atoms with van der Waals surface area (Å²) in [5.74, 6) is 3.06. The molecule has 0 saturated heterocycles. The zero-order valence-electron chi connectivity index (χ0n) is 16.9. The maximum atomic E-state index is 6.10. The summed E-state index contributed by atoms with van der Waals surface area (Å²) in [4.78, 5) is 8.62. The summed E-state index contributed by atoms with van der Waals surface area (Å²) in [6, 6.07) is 6.23. The quantitative estimate of drug-likeness (QED) is 0.631. The lowest BCUT2D eigenvalue weighted by Gasteiger charge is -2.24. The molecule has 6 heteroatoms. The van der Waals surface area contributed by atoms with Crippen molar-refractivity contribution >= 4 is 5.96 Å². The van der Waals surface area contributed by atoms with E-state index in [-0.39, 0.29) is 5.60 Å². The number of benzene rings is 1. The lowest BCUT2D eigenvalue weighted by atomic mass is 10.1. The molecule has 0 aliphatic heterocycles. The van der Waals surface area contributed by atoms with Crippen molar-refractivity contribution in [1.29, 1.82) is 0 Å². The van der Waals surface area contributed by atoms with Crippen LogP contribution in [0.3, 0.4) is 0 Å². The highest BCUT2D eigenvalue weighted by atomic mass is 16.5. The highest BCUT2D eigenvalue weighted by molar-refractivity contribution is 5.79. The molecule has 0 spiro atoms. The number of nitrogens with one attached hydrogen (secondary N) is 2. The Morgan fingerprint density at radius 1 is 1.15 bits per heavy atom. The average molecular weight is 358 g/mol. The van der Waals surface area contributed by atoms with E-state index in [1.165, 1.54) is 5.56 Å². The summed E-state index contributed by atoms with van der Waals surface area (Å²) in [6.45, 7) is 13.1. The monoisotopic (exact) mass is 358 g/mol. The second-order valence-electron chi connectivity index (χ2n) is 7.35. The first-order valence-electron chi connectivity index (χ1n) is 8.84. The fourth-order valence-electron chi connectivity index (χ4n) is 2.41. The summed E-state index contributed by atoms with van der Waals surface area (Å²) in [6.07, 6.45) is 0. The van der Waals surface area contributed by atoms with Gasteiger partial charge in [-0.25, -0.2) is 4.98 Å². The van der Waals surface area contributed by atoms with Crippen LogP contribution in [0.25, 0.3) is 0 Å². The van der Waals surface area contributed by atoms with Gasteiger partial charge in [-0.3, -0.25) is 4.99 Å². The molecule has 2 N–H and O–H groups in total. The first-order chi connectivity index (χ1) is 12.2. The van der Waals surface area contributed by atoms with Crippen LogP contribution in [0.15, 0.2) is 27.6 Å². The molecule has 142 valence electrons. The SMILES string of the molecule is CN=C(NCc1nc(C)c(C)o1)NCc1ccc(C)cc1OC(C)(C)C. The van der Waals surface area contributed by atoms with Crippen molar-refractivity contribution in [2.45, 2.75) is 60.2 Å². The van der Waals surface area contributed by atoms with Gasteiger partial charge in [0.2, 0.25) is 5.89 Å². The highest BCUT2D eigenvalue weighted by Crippen LogP contribution is 2.24. The molecule has 0 saturated carbocycles. The van der Waals surface area contributed by atoms with Crippen LogP contribution in [-0.4, -0.2) is 23.6 Å². The minimum absolute atomic E-state index is 0.247. The van der Waals surface area contributed by atoms with Gasteiger partial charge in [-0.2, -0.15) is 0 Å². The molecular weight excluding hydrogens is 328 g/mol. The van der Waals surface area contributed by atoms with Crippen LogP contribution in [0.2, 0.25) is 0 Å². The molecule has 2 rings (SSSR count). The van der Waals surface area contributed by atoms with Crippen LogP contribution in [0, 0.1) is 20.8 Å². The maximum absolute atomic E-state index is 6.10. The molecule has 1 aromatic carbocycles. The molecular formula is C20H30N4O2. The van der Waals surface area contributed by atoms with Gasteiger partial charge >= 0.3 is 0 Å². The van der Waals surface area contributed by atoms with Crippen molar-refractivity contribution in [3.8, 4) is 5.75 Å². The zero-order valence-corrected chi connectivity index (χ0v) is 16.9. The van der Waals surface area contributed by atoms with E-state index in [2.05, 4.69) is 45.7 Å². The number of hydrogen-bond donors (Lipinski definition) is 2. The van der Waals surface area contributed by atoms with E-state index in [0.29, 0.717) is 24.9 Å². The highest BCUT2D eigenvalue weighted by Gasteiger charge is 2.15. The van der Waals surface area contributed by atoms with Gasteiger partial charge in [0, 0.05) is 19.2 Å². The van der Waals surface area contributed by atoms with Gasteiger partial charge in [0.25, 0.3) is 0 Å². The number of aryl methyl sites for hydroxylation is 3. The summed E-state index contributed by atoms with van der Waals surface area (Å²) in [5.41, 5.74) is 2.91. The van der Waals surface area contributed by atoms with Crippen molar-refractivity contribution in [3.63, 3.8) is 0 Å². The van der Waals surface area contributed by atoms with Gasteiger partial charge in [0.1, 0.15) is 17.1 Å². The van der Waals surface area contributed by atoms with E-state index in [0.717, 1.165) is 22.8 Å². The average Bonchev–Trinajstić information content (AvgIpc) is 2.86. The number of ether oxygens (including phenoxy) is 1. The third kappa shape index (κ3) is 5.79. The number of guanidine groups is 1. The molecule has 0 aliphatic rings. The van der Waals surface area contributed by atoms with Crippen molar-refractivity contribution in [2.24, 2.45) is 4.99 Å². The molecule has 0 bridgehead atoms. The van der Waals surface area contributed by atoms with Crippen LogP contribution in [0.4, 0.5) is 0 Å². The minimum atomic E-state index is -0.247. The van der Waals surface area contributed by atoms with Crippen molar-refractivity contribution in [3.05, 3.63) is 46.7 Å². The summed E-state index contributed by atoms with van der Waals surface area (Å²) < 4.78 is 11.7. The number of hydrogen-bond acceptors (Lipinski definition) is 4. The standard InChI is InChI=1S/C20H30N4O2/c1-13-8-9-16(17(10-13)26-20(4,5)6)11-22-19(21-7)23-12-18-24-14(2)15(3)25-18/h8-10H,11-12H2,1-7H3,(H2,21,22,23). The van der Waals surface area contributed by atoms with Gasteiger partial charge in [-0.15, -0.1) is 0 Å². The Bertz CT molecular complexity index is 753. The predicted octanol–water partition coefficient (Wildman–Crippen LogP) is 3.64. The Labute approximate surface area is 156 Å². The number of aromatic nitrogens is 1. The molecule has 26 heavy (non-hydrogen) atoms. The molecule has 0 atom stereocenters. The third-order valence-electron chi connectivity index (χ3n) is 3.79. The topological polar surface area (TPSA) is 71.7 Å². The van der Waals surface area contributed by atoms with Crippen LogP contribution < -0.4 is 15.4 Å². The van der Waals surface area contributed by atoms with E-state index in [4.69, 9.17) is 9.15 Å². The van der Waals surface area contributed by atoms with E-state index in [1.54, 1.807) is 7.05 Å². The summed E-state index contributed by atoms with van der Waals surface area (Å²) in [7, 11) is 1.74. The number of rotatable bonds is 5. The van der Waals surface area contributed by atoms with Crippen LogP contribution in [0.5, 0.6) is 5.75 Å². The Balaban J connectivity index is 1.99. The van der Waals surface area contributed by atoms with Crippen LogP contribution >= 0.6 is 0 Å². The summed E-state index contributed by atoms with van der Waals surface area (Å²) >= 11 is 0. The number of nitrogens with zero attached hydrogens (tertiary/aromatic N) is 2. The molecule has 0 unspecified atom stereocenters. The van der Waals surface area contributed by atoms with Gasteiger partial charge in [0.15, 0.2) is 5.96 Å². The van der Waals surface area contributed by atoms with Gasteiger partial charge in [0.05, 0.1) is 12.2 Å². The van der Waals surface area contributed by atoms with E-state index < -0.39 is 0 Å². The predicted molar refractivity (Wildman–Crippen MR) is 105 cm³/mol. The Hall–Kier alpha value is -2.50. The minimum Gasteiger partial charge on any atom is -0.488 e. The fraction of sp³-hybridized carbons (Fsp3) is 0.500. The van der Waals surface area contributed by atoms with Gasteiger partial charge < -0.3 is 19.8 Å². The van der Waals surface area contributed by atoms with E-state index in [1.807, 2.05) is 34.6 Å². The normalized spacial score (nSPS) is 12.2. The fourth-order valence-corrected chi connectivity index (χ4v) is 2.41. The molecule has 2 aromatic rings. The molecule has 1 aromatic heterocycles. The van der Waals surface area contributed by atoms with Crippen molar-refractivity contribution in [2.75, 3.05) is 7.05 Å². The van der Waals surface area contributed by atoms with Crippen LogP contribution in [0.1, 0.15) is 49.2 Å². The molecule has 0 amide bonds. The lowest BCUT2D eigenvalue weighted by Crippen LogP contribution is -2.36. The molecule has 0 aliphatic carbocycles. The third-order valence-corrected chi connectivity index (χ3v) is 3.79. The maximum Gasteiger partial charge on any atom is 0.214 e. The molecule has 0 fully saturated rings. The van der Waals surface area contributed by atoms with E-state index >= 15 is 0 Å². The summed E-state index contributed by atoms with van der Waals surface area (Å²) in [5, 5.41) is 6.53. The molecule has 0 radical (unpaired) electrons. The first-order valence-corrected chi connectivity index (χ1v) is 8.84. The molecule has 6 nitrogen and oxygen atoms in total. The smallest absolute Gasteiger partial charge is 0.214 e. The lowest BCUT2D eigenvalue weighted by molar-refractivity contribution is 0.129. The second kappa shape index (κ2) is 8.25. The molecule has 1 heterocycles. The Morgan fingerprint density at radius 3 is 2.42 bits per heavy atom. The Morgan fingerprint density at radius 2 is 1.85 bits per heavy atom. The van der Waals surface area contributed by atoms with Crippen LogP contribution in [-0.2, 0) is 13.1 Å². The second-order valence-corrected chi connectivity index (χ2v) is 7.35. The van der Waals surface area contributed by atoms with Crippen molar-refractivity contribution in [1.82, 2.24) is 15.6 Å². The van der Waals surface area contributed by atoms with Gasteiger partial charge in [-0.05, 0) is 53.2 Å². The number of oxazole rings is 1. The number of aliphatic imine (C=N–C) groups is 1. The first kappa shape index (κ1) is 19.8. The zero-order chi connectivity index (χ0) is 19.3. The Kier molecular flexibility index (Phi) is 6.29. The van der Waals surface area contributed by atoms with E-state index in [9.17, 15) is 0 Å².